The number of anilines is 1. The molecule has 1 amide bonds. The van der Waals surface area contributed by atoms with Gasteiger partial charge in [0, 0.05) is 5.69 Å². The third kappa shape index (κ3) is 4.09. The maximum Gasteiger partial charge on any atom is 0.336 e. The molecule has 0 aliphatic rings. The van der Waals surface area contributed by atoms with E-state index in [1.807, 2.05) is 44.2 Å². The minimum Gasteiger partial charge on any atom is -0.325 e. The van der Waals surface area contributed by atoms with E-state index in [-0.39, 0.29) is 18.0 Å². The second-order valence-electron chi connectivity index (χ2n) is 7.59. The van der Waals surface area contributed by atoms with Gasteiger partial charge in [0.1, 0.15) is 11.2 Å². The SMILES string of the molecule is CCc1ccc(NC(=O)Cn2c(=O)n(-c3cc(C)cc(C)c3)c(=O)c3sccc32)cc1. The van der Waals surface area contributed by atoms with E-state index >= 15 is 0 Å². The molecule has 2 aromatic carbocycles. The average Bonchev–Trinajstić information content (AvgIpc) is 3.21. The fraction of sp³-hybridized carbons (Fsp3) is 0.208. The van der Waals surface area contributed by atoms with E-state index in [1.165, 1.54) is 21.5 Å². The lowest BCUT2D eigenvalue weighted by molar-refractivity contribution is -0.116. The average molecular weight is 434 g/mol. The van der Waals surface area contributed by atoms with Gasteiger partial charge in [0.05, 0.1) is 11.2 Å². The van der Waals surface area contributed by atoms with Gasteiger partial charge in [-0.1, -0.05) is 25.1 Å². The van der Waals surface area contributed by atoms with Crippen molar-refractivity contribution < 1.29 is 4.79 Å². The number of nitrogens with one attached hydrogen (secondary N) is 1. The molecule has 0 saturated carbocycles. The Labute approximate surface area is 183 Å². The van der Waals surface area contributed by atoms with Crippen molar-refractivity contribution in [3.8, 4) is 5.69 Å². The lowest BCUT2D eigenvalue weighted by Crippen LogP contribution is -2.40. The van der Waals surface area contributed by atoms with Crippen molar-refractivity contribution in [1.29, 1.82) is 0 Å². The molecule has 4 rings (SSSR count). The minimum atomic E-state index is -0.530. The maximum atomic E-state index is 13.3. The van der Waals surface area contributed by atoms with E-state index in [9.17, 15) is 14.4 Å². The van der Waals surface area contributed by atoms with Gasteiger partial charge in [-0.3, -0.25) is 14.2 Å². The van der Waals surface area contributed by atoms with Crippen LogP contribution in [0.25, 0.3) is 15.9 Å². The first-order valence-corrected chi connectivity index (χ1v) is 11.0. The normalized spacial score (nSPS) is 11.1. The molecule has 2 aromatic heterocycles. The Morgan fingerprint density at radius 3 is 2.32 bits per heavy atom. The highest BCUT2D eigenvalue weighted by atomic mass is 32.1. The van der Waals surface area contributed by atoms with Crippen molar-refractivity contribution >= 4 is 33.1 Å². The molecular formula is C24H23N3O3S. The van der Waals surface area contributed by atoms with Crippen LogP contribution in [0.3, 0.4) is 0 Å². The number of aromatic nitrogens is 2. The molecule has 0 saturated heterocycles. The van der Waals surface area contributed by atoms with Crippen LogP contribution in [0.15, 0.2) is 63.5 Å². The van der Waals surface area contributed by atoms with Crippen LogP contribution in [0.1, 0.15) is 23.6 Å². The molecule has 0 unspecified atom stereocenters. The van der Waals surface area contributed by atoms with Crippen LogP contribution >= 0.6 is 11.3 Å². The van der Waals surface area contributed by atoms with Gasteiger partial charge in [0.15, 0.2) is 0 Å². The molecule has 7 heteroatoms. The van der Waals surface area contributed by atoms with Gasteiger partial charge in [0.25, 0.3) is 5.56 Å². The number of hydrogen-bond acceptors (Lipinski definition) is 4. The number of carbonyl (C=O) groups excluding carboxylic acids is 1. The van der Waals surface area contributed by atoms with Crippen molar-refractivity contribution in [3.05, 3.63) is 91.4 Å². The number of benzene rings is 2. The Bertz CT molecular complexity index is 1370. The molecule has 0 aliphatic carbocycles. The molecule has 2 heterocycles. The number of nitrogens with zero attached hydrogens (tertiary/aromatic N) is 2. The van der Waals surface area contributed by atoms with Gasteiger partial charge in [-0.15, -0.1) is 11.3 Å². The van der Waals surface area contributed by atoms with Gasteiger partial charge < -0.3 is 5.32 Å². The molecule has 31 heavy (non-hydrogen) atoms. The third-order valence-corrected chi connectivity index (χ3v) is 6.06. The highest BCUT2D eigenvalue weighted by Gasteiger charge is 2.18. The molecular weight excluding hydrogens is 410 g/mol. The van der Waals surface area contributed by atoms with Crippen molar-refractivity contribution in [2.75, 3.05) is 5.32 Å². The van der Waals surface area contributed by atoms with Crippen LogP contribution in [0.4, 0.5) is 5.69 Å². The summed E-state index contributed by atoms with van der Waals surface area (Å²) < 4.78 is 2.96. The number of hydrogen-bond donors (Lipinski definition) is 1. The Morgan fingerprint density at radius 1 is 1.00 bits per heavy atom. The van der Waals surface area contributed by atoms with Crippen LogP contribution in [-0.2, 0) is 17.8 Å². The van der Waals surface area contributed by atoms with Crippen LogP contribution in [0.5, 0.6) is 0 Å². The zero-order valence-corrected chi connectivity index (χ0v) is 18.5. The molecule has 0 atom stereocenters. The monoisotopic (exact) mass is 433 g/mol. The van der Waals surface area contributed by atoms with Crippen LogP contribution in [0.2, 0.25) is 0 Å². The van der Waals surface area contributed by atoms with Crippen molar-refractivity contribution in [2.45, 2.75) is 33.7 Å². The lowest BCUT2D eigenvalue weighted by Gasteiger charge is -2.13. The Morgan fingerprint density at radius 2 is 1.68 bits per heavy atom. The first-order valence-electron chi connectivity index (χ1n) is 10.1. The van der Waals surface area contributed by atoms with Gasteiger partial charge in [-0.2, -0.15) is 0 Å². The second-order valence-corrected chi connectivity index (χ2v) is 8.50. The highest BCUT2D eigenvalue weighted by Crippen LogP contribution is 2.18. The molecule has 6 nitrogen and oxygen atoms in total. The fourth-order valence-corrected chi connectivity index (χ4v) is 4.54. The van der Waals surface area contributed by atoms with Crippen molar-refractivity contribution in [2.24, 2.45) is 0 Å². The molecule has 158 valence electrons. The lowest BCUT2D eigenvalue weighted by atomic mass is 10.1. The van der Waals surface area contributed by atoms with Gasteiger partial charge in [-0.25, -0.2) is 9.36 Å². The summed E-state index contributed by atoms with van der Waals surface area (Å²) >= 11 is 1.26. The molecule has 0 spiro atoms. The molecule has 1 N–H and O–H groups in total. The number of thiophene rings is 1. The Balaban J connectivity index is 1.77. The summed E-state index contributed by atoms with van der Waals surface area (Å²) in [4.78, 5) is 39.2. The fourth-order valence-electron chi connectivity index (χ4n) is 3.72. The molecule has 0 bridgehead atoms. The van der Waals surface area contributed by atoms with Crippen molar-refractivity contribution in [1.82, 2.24) is 9.13 Å². The van der Waals surface area contributed by atoms with E-state index in [0.717, 1.165) is 22.1 Å². The first kappa shape index (κ1) is 20.8. The summed E-state index contributed by atoms with van der Waals surface area (Å²) in [5.41, 5.74) is 3.82. The summed E-state index contributed by atoms with van der Waals surface area (Å²) in [5.74, 6) is -0.329. The number of rotatable bonds is 5. The predicted molar refractivity (Wildman–Crippen MR) is 126 cm³/mol. The van der Waals surface area contributed by atoms with Crippen LogP contribution in [-0.4, -0.2) is 15.0 Å². The van der Waals surface area contributed by atoms with E-state index in [0.29, 0.717) is 21.6 Å². The topological polar surface area (TPSA) is 73.1 Å². The summed E-state index contributed by atoms with van der Waals surface area (Å²) in [5, 5.41) is 4.59. The summed E-state index contributed by atoms with van der Waals surface area (Å²) in [6.07, 6.45) is 0.916. The van der Waals surface area contributed by atoms with Crippen LogP contribution < -0.4 is 16.6 Å². The van der Waals surface area contributed by atoms with Gasteiger partial charge in [-0.05, 0) is 72.7 Å². The molecule has 0 fully saturated rings. The predicted octanol–water partition coefficient (Wildman–Crippen LogP) is 4.03. The Kier molecular flexibility index (Phi) is 5.61. The number of fused-ring (bicyclic) bond motifs is 1. The number of carbonyl (C=O) groups is 1. The first-order chi connectivity index (χ1) is 14.9. The molecule has 4 aromatic rings. The second kappa shape index (κ2) is 8.35. The summed E-state index contributed by atoms with van der Waals surface area (Å²) in [6, 6.07) is 14.9. The quantitative estimate of drug-likeness (QED) is 0.516. The smallest absolute Gasteiger partial charge is 0.325 e. The zero-order chi connectivity index (χ0) is 22.1. The molecule has 0 radical (unpaired) electrons. The largest absolute Gasteiger partial charge is 0.336 e. The van der Waals surface area contributed by atoms with Crippen LogP contribution in [0, 0.1) is 13.8 Å². The maximum absolute atomic E-state index is 13.3. The van der Waals surface area contributed by atoms with Gasteiger partial charge in [0.2, 0.25) is 5.91 Å². The van der Waals surface area contributed by atoms with E-state index in [2.05, 4.69) is 12.2 Å². The van der Waals surface area contributed by atoms with E-state index in [4.69, 9.17) is 0 Å². The minimum absolute atomic E-state index is 0.188. The third-order valence-electron chi connectivity index (χ3n) is 5.17. The number of aryl methyl sites for hydroxylation is 3. The zero-order valence-electron chi connectivity index (χ0n) is 17.6. The van der Waals surface area contributed by atoms with E-state index < -0.39 is 5.69 Å². The summed E-state index contributed by atoms with van der Waals surface area (Å²) in [6.45, 7) is 5.71. The van der Waals surface area contributed by atoms with Crippen molar-refractivity contribution in [3.63, 3.8) is 0 Å². The standard InChI is InChI=1S/C24H23N3O3S/c1-4-17-5-7-18(8-6-17)25-21(28)14-26-20-9-10-31-22(20)23(29)27(24(26)30)19-12-15(2)11-16(3)13-19/h5-13H,4,14H2,1-3H3,(H,25,28). The highest BCUT2D eigenvalue weighted by molar-refractivity contribution is 7.17. The Hall–Kier alpha value is -3.45. The van der Waals surface area contributed by atoms with Gasteiger partial charge >= 0.3 is 5.69 Å². The molecule has 0 aliphatic heterocycles. The van der Waals surface area contributed by atoms with E-state index in [1.54, 1.807) is 23.6 Å². The summed E-state index contributed by atoms with van der Waals surface area (Å²) in [7, 11) is 0. The number of amides is 1.